The molecule has 0 bridgehead atoms. The fourth-order valence-electron chi connectivity index (χ4n) is 3.01. The minimum atomic E-state index is 0.722. The molecule has 0 N–H and O–H groups in total. The van der Waals surface area contributed by atoms with Crippen molar-refractivity contribution in [2.24, 2.45) is 0 Å². The lowest BCUT2D eigenvalue weighted by molar-refractivity contribution is 0.214. The molecule has 1 unspecified atom stereocenters. The highest BCUT2D eigenvalue weighted by Crippen LogP contribution is 2.27. The monoisotopic (exact) mass is 271 g/mol. The van der Waals surface area contributed by atoms with Crippen LogP contribution < -0.4 is 0 Å². The molecule has 1 heterocycles. The van der Waals surface area contributed by atoms with Gasteiger partial charge in [0.2, 0.25) is 0 Å². The van der Waals surface area contributed by atoms with Crippen molar-refractivity contribution < 1.29 is 0 Å². The molecule has 0 aliphatic heterocycles. The fourth-order valence-corrected chi connectivity index (χ4v) is 3.97. The highest BCUT2D eigenvalue weighted by molar-refractivity contribution is 7.10. The molecule has 100 valence electrons. The van der Waals surface area contributed by atoms with Gasteiger partial charge in [-0.2, -0.15) is 0 Å². The van der Waals surface area contributed by atoms with Crippen LogP contribution in [0.3, 0.4) is 0 Å². The van der Waals surface area contributed by atoms with E-state index in [0.29, 0.717) is 0 Å². The average molecular weight is 271 g/mol. The number of thiophene rings is 1. The van der Waals surface area contributed by atoms with Crippen LogP contribution in [-0.4, -0.2) is 18.0 Å². The quantitative estimate of drug-likeness (QED) is 0.759. The first-order valence-electron chi connectivity index (χ1n) is 7.12. The third kappa shape index (κ3) is 3.07. The summed E-state index contributed by atoms with van der Waals surface area (Å²) >= 11 is 1.94. The molecule has 1 atom stereocenters. The highest BCUT2D eigenvalue weighted by Gasteiger charge is 2.20. The van der Waals surface area contributed by atoms with E-state index in [4.69, 9.17) is 0 Å². The maximum Gasteiger partial charge on any atom is 0.0233 e. The Labute approximate surface area is 119 Å². The van der Waals surface area contributed by atoms with Crippen LogP contribution in [0.1, 0.15) is 28.8 Å². The van der Waals surface area contributed by atoms with Gasteiger partial charge in [0.1, 0.15) is 0 Å². The fraction of sp³-hybridized carbons (Fsp3) is 0.412. The Morgan fingerprint density at radius 1 is 1.11 bits per heavy atom. The second kappa shape index (κ2) is 5.89. The molecule has 0 spiro atoms. The van der Waals surface area contributed by atoms with Gasteiger partial charge in [0.25, 0.3) is 0 Å². The van der Waals surface area contributed by atoms with E-state index in [0.717, 1.165) is 12.6 Å². The first-order valence-corrected chi connectivity index (χ1v) is 8.00. The Balaban J connectivity index is 1.62. The lowest BCUT2D eigenvalue weighted by Gasteiger charge is -2.27. The summed E-state index contributed by atoms with van der Waals surface area (Å²) in [7, 11) is 2.27. The zero-order valence-corrected chi connectivity index (χ0v) is 12.3. The Morgan fingerprint density at radius 2 is 1.89 bits per heavy atom. The topological polar surface area (TPSA) is 3.24 Å². The van der Waals surface area contributed by atoms with Gasteiger partial charge in [-0.05, 0) is 55.3 Å². The van der Waals surface area contributed by atoms with Crippen molar-refractivity contribution in [1.29, 1.82) is 0 Å². The van der Waals surface area contributed by atoms with Gasteiger partial charge in [-0.25, -0.2) is 0 Å². The van der Waals surface area contributed by atoms with Crippen molar-refractivity contribution in [3.8, 4) is 0 Å². The SMILES string of the molecule is CN(Cc1ccccc1)C1CCc2ccsc2CC1. The molecule has 1 nitrogen and oxygen atoms in total. The van der Waals surface area contributed by atoms with Gasteiger partial charge in [-0.3, -0.25) is 4.90 Å². The van der Waals surface area contributed by atoms with Gasteiger partial charge >= 0.3 is 0 Å². The van der Waals surface area contributed by atoms with E-state index in [1.54, 1.807) is 10.4 Å². The minimum absolute atomic E-state index is 0.722. The summed E-state index contributed by atoms with van der Waals surface area (Å²) in [5, 5.41) is 2.25. The molecule has 1 aromatic heterocycles. The van der Waals surface area contributed by atoms with Crippen LogP contribution in [0.4, 0.5) is 0 Å². The van der Waals surface area contributed by atoms with Crippen molar-refractivity contribution in [1.82, 2.24) is 4.90 Å². The van der Waals surface area contributed by atoms with Gasteiger partial charge in [-0.1, -0.05) is 30.3 Å². The van der Waals surface area contributed by atoms with Crippen LogP contribution in [0.2, 0.25) is 0 Å². The molecular weight excluding hydrogens is 250 g/mol. The number of hydrogen-bond acceptors (Lipinski definition) is 2. The van der Waals surface area contributed by atoms with Crippen LogP contribution in [-0.2, 0) is 19.4 Å². The summed E-state index contributed by atoms with van der Waals surface area (Å²) in [6.07, 6.45) is 5.11. The summed E-state index contributed by atoms with van der Waals surface area (Å²) in [5.41, 5.74) is 3.02. The molecule has 3 rings (SSSR count). The smallest absolute Gasteiger partial charge is 0.0233 e. The van der Waals surface area contributed by atoms with Crippen molar-refractivity contribution >= 4 is 11.3 Å². The molecule has 2 aromatic rings. The molecule has 2 heteroatoms. The normalized spacial score (nSPS) is 19.2. The van der Waals surface area contributed by atoms with E-state index < -0.39 is 0 Å². The largest absolute Gasteiger partial charge is 0.299 e. The second-order valence-corrected chi connectivity index (χ2v) is 6.50. The van der Waals surface area contributed by atoms with Crippen LogP contribution >= 0.6 is 11.3 Å². The third-order valence-corrected chi connectivity index (χ3v) is 5.21. The van der Waals surface area contributed by atoms with Gasteiger partial charge in [0, 0.05) is 17.5 Å². The third-order valence-electron chi connectivity index (χ3n) is 4.19. The number of fused-ring (bicyclic) bond motifs is 1. The first-order chi connectivity index (χ1) is 9.33. The molecule has 0 saturated carbocycles. The predicted molar refractivity (Wildman–Crippen MR) is 82.7 cm³/mol. The second-order valence-electron chi connectivity index (χ2n) is 5.50. The summed E-state index contributed by atoms with van der Waals surface area (Å²) < 4.78 is 0. The van der Waals surface area contributed by atoms with Gasteiger partial charge in [0.15, 0.2) is 0 Å². The summed E-state index contributed by atoms with van der Waals surface area (Å²) in [4.78, 5) is 4.15. The molecule has 19 heavy (non-hydrogen) atoms. The Kier molecular flexibility index (Phi) is 4.00. The Bertz CT molecular complexity index is 495. The van der Waals surface area contributed by atoms with E-state index in [1.165, 1.54) is 31.2 Å². The zero-order chi connectivity index (χ0) is 13.1. The van der Waals surface area contributed by atoms with Crippen molar-refractivity contribution in [3.63, 3.8) is 0 Å². The summed E-state index contributed by atoms with van der Waals surface area (Å²) in [6, 6.07) is 13.8. The van der Waals surface area contributed by atoms with Crippen LogP contribution in [0, 0.1) is 0 Å². The van der Waals surface area contributed by atoms with E-state index in [9.17, 15) is 0 Å². The molecule has 0 radical (unpaired) electrons. The molecule has 0 saturated heterocycles. The Morgan fingerprint density at radius 3 is 2.74 bits per heavy atom. The summed E-state index contributed by atoms with van der Waals surface area (Å²) in [6.45, 7) is 1.07. The van der Waals surface area contributed by atoms with Crippen molar-refractivity contribution in [3.05, 3.63) is 57.8 Å². The number of benzene rings is 1. The lowest BCUT2D eigenvalue weighted by Crippen LogP contribution is -2.31. The average Bonchev–Trinajstić information content (AvgIpc) is 2.78. The minimum Gasteiger partial charge on any atom is -0.299 e. The molecule has 1 aromatic carbocycles. The maximum atomic E-state index is 2.53. The summed E-state index contributed by atoms with van der Waals surface area (Å²) in [5.74, 6) is 0. The van der Waals surface area contributed by atoms with Crippen molar-refractivity contribution in [2.45, 2.75) is 38.3 Å². The van der Waals surface area contributed by atoms with Gasteiger partial charge < -0.3 is 0 Å². The zero-order valence-electron chi connectivity index (χ0n) is 11.5. The molecule has 1 aliphatic rings. The van der Waals surface area contributed by atoms with Gasteiger partial charge in [0.05, 0.1) is 0 Å². The standard InChI is InChI=1S/C17H21NS/c1-18(13-14-5-3-2-4-6-14)16-8-7-15-11-12-19-17(15)10-9-16/h2-6,11-12,16H,7-10,13H2,1H3. The van der Waals surface area contributed by atoms with Crippen molar-refractivity contribution in [2.75, 3.05) is 7.05 Å². The highest BCUT2D eigenvalue weighted by atomic mass is 32.1. The number of aryl methyl sites for hydroxylation is 2. The first kappa shape index (κ1) is 12.9. The molecule has 0 fully saturated rings. The maximum absolute atomic E-state index is 2.53. The predicted octanol–water partition coefficient (Wildman–Crippen LogP) is 4.13. The number of nitrogens with zero attached hydrogens (tertiary/aromatic N) is 1. The van der Waals surface area contributed by atoms with E-state index in [-0.39, 0.29) is 0 Å². The molecular formula is C17H21NS. The van der Waals surface area contributed by atoms with E-state index >= 15 is 0 Å². The van der Waals surface area contributed by atoms with Crippen LogP contribution in [0.25, 0.3) is 0 Å². The lowest BCUT2D eigenvalue weighted by atomic mass is 10.1. The van der Waals surface area contributed by atoms with Crippen LogP contribution in [0.15, 0.2) is 41.8 Å². The van der Waals surface area contributed by atoms with Gasteiger partial charge in [-0.15, -0.1) is 11.3 Å². The number of rotatable bonds is 3. The number of hydrogen-bond donors (Lipinski definition) is 0. The molecule has 1 aliphatic carbocycles. The Hall–Kier alpha value is -1.12. The van der Waals surface area contributed by atoms with Crippen LogP contribution in [0.5, 0.6) is 0 Å². The van der Waals surface area contributed by atoms with E-state index in [1.807, 2.05) is 11.3 Å². The molecule has 0 amide bonds. The van der Waals surface area contributed by atoms with E-state index in [2.05, 4.69) is 53.7 Å².